The fourth-order valence-corrected chi connectivity index (χ4v) is 3.42. The molecule has 148 valence electrons. The van der Waals surface area contributed by atoms with E-state index in [-0.39, 0.29) is 0 Å². The van der Waals surface area contributed by atoms with Gasteiger partial charge in [-0.15, -0.1) is 0 Å². The molecule has 0 fully saturated rings. The fraction of sp³-hybridized carbons (Fsp3) is 0.174. The Balaban J connectivity index is 1.65. The molecule has 0 spiro atoms. The first-order valence-corrected chi connectivity index (χ1v) is 9.29. The van der Waals surface area contributed by atoms with Gasteiger partial charge in [-0.25, -0.2) is 4.98 Å². The molecule has 29 heavy (non-hydrogen) atoms. The van der Waals surface area contributed by atoms with E-state index in [1.807, 2.05) is 48.8 Å². The quantitative estimate of drug-likeness (QED) is 0.498. The number of hydrogen-bond donors (Lipinski definition) is 1. The molecule has 6 nitrogen and oxygen atoms in total. The highest BCUT2D eigenvalue weighted by molar-refractivity contribution is 5.79. The molecule has 0 aliphatic rings. The molecule has 0 radical (unpaired) electrons. The summed E-state index contributed by atoms with van der Waals surface area (Å²) in [5.41, 5.74) is 5.09. The highest BCUT2D eigenvalue weighted by atomic mass is 16.5. The first-order chi connectivity index (χ1) is 14.2. The predicted octanol–water partition coefficient (Wildman–Crippen LogP) is 4.66. The van der Waals surface area contributed by atoms with Crippen LogP contribution in [0, 0.1) is 0 Å². The van der Waals surface area contributed by atoms with Crippen LogP contribution in [0.2, 0.25) is 0 Å². The molecular weight excluding hydrogens is 366 g/mol. The molecule has 0 bridgehead atoms. The second kappa shape index (κ2) is 8.14. The molecule has 3 aromatic carbocycles. The van der Waals surface area contributed by atoms with Gasteiger partial charge in [0.25, 0.3) is 0 Å². The topological polar surface area (TPSA) is 57.5 Å². The van der Waals surface area contributed by atoms with Crippen LogP contribution in [0.25, 0.3) is 16.7 Å². The van der Waals surface area contributed by atoms with Crippen molar-refractivity contribution in [3.8, 4) is 22.9 Å². The second-order valence-corrected chi connectivity index (χ2v) is 6.51. The molecule has 1 N–H and O–H groups in total. The fourth-order valence-electron chi connectivity index (χ4n) is 3.42. The second-order valence-electron chi connectivity index (χ2n) is 6.51. The van der Waals surface area contributed by atoms with Crippen LogP contribution < -0.4 is 19.5 Å². The zero-order valence-electron chi connectivity index (χ0n) is 16.7. The summed E-state index contributed by atoms with van der Waals surface area (Å²) in [7, 11) is 4.84. The van der Waals surface area contributed by atoms with E-state index in [2.05, 4.69) is 33.1 Å². The molecule has 1 aromatic heterocycles. The number of nitrogens with zero attached hydrogens (tertiary/aromatic N) is 2. The van der Waals surface area contributed by atoms with Gasteiger partial charge in [0.15, 0.2) is 11.5 Å². The summed E-state index contributed by atoms with van der Waals surface area (Å²) in [6, 6.07) is 20.2. The molecule has 4 aromatic rings. The van der Waals surface area contributed by atoms with Gasteiger partial charge in [0.2, 0.25) is 5.75 Å². The summed E-state index contributed by atoms with van der Waals surface area (Å²) in [5, 5.41) is 3.52. The molecular formula is C23H23N3O3. The van der Waals surface area contributed by atoms with Crippen LogP contribution in [0.5, 0.6) is 17.2 Å². The van der Waals surface area contributed by atoms with Gasteiger partial charge < -0.3 is 19.5 Å². The van der Waals surface area contributed by atoms with E-state index in [0.717, 1.165) is 28.0 Å². The zero-order valence-corrected chi connectivity index (χ0v) is 16.7. The van der Waals surface area contributed by atoms with Crippen LogP contribution in [0.3, 0.4) is 0 Å². The molecule has 4 rings (SSSR count). The van der Waals surface area contributed by atoms with Crippen molar-refractivity contribution in [3.63, 3.8) is 0 Å². The number of fused-ring (bicyclic) bond motifs is 1. The number of benzene rings is 3. The van der Waals surface area contributed by atoms with Gasteiger partial charge in [0, 0.05) is 6.54 Å². The summed E-state index contributed by atoms with van der Waals surface area (Å²) in [6.45, 7) is 0.598. The van der Waals surface area contributed by atoms with Crippen molar-refractivity contribution in [3.05, 3.63) is 72.6 Å². The molecule has 0 saturated carbocycles. The number of rotatable bonds is 7. The maximum Gasteiger partial charge on any atom is 0.203 e. The van der Waals surface area contributed by atoms with E-state index < -0.39 is 0 Å². The number of imidazole rings is 1. The van der Waals surface area contributed by atoms with Crippen molar-refractivity contribution in [1.82, 2.24) is 9.55 Å². The molecule has 0 aliphatic carbocycles. The number of ether oxygens (including phenoxy) is 3. The van der Waals surface area contributed by atoms with E-state index in [1.165, 1.54) is 0 Å². The largest absolute Gasteiger partial charge is 0.493 e. The average Bonchev–Trinajstić information content (AvgIpc) is 3.21. The van der Waals surface area contributed by atoms with Gasteiger partial charge >= 0.3 is 0 Å². The van der Waals surface area contributed by atoms with E-state index >= 15 is 0 Å². The average molecular weight is 389 g/mol. The Hall–Kier alpha value is -3.67. The van der Waals surface area contributed by atoms with E-state index in [4.69, 9.17) is 14.2 Å². The van der Waals surface area contributed by atoms with Crippen molar-refractivity contribution in [1.29, 1.82) is 0 Å². The summed E-state index contributed by atoms with van der Waals surface area (Å²) in [6.07, 6.45) is 1.85. The molecule has 0 saturated heterocycles. The minimum Gasteiger partial charge on any atom is -0.493 e. The Bertz CT molecular complexity index is 1110. The Morgan fingerprint density at radius 3 is 2.28 bits per heavy atom. The van der Waals surface area contributed by atoms with Crippen LogP contribution in [0.15, 0.2) is 67.0 Å². The molecule has 0 aliphatic heterocycles. The van der Waals surface area contributed by atoms with Crippen molar-refractivity contribution in [2.75, 3.05) is 26.6 Å². The molecule has 1 heterocycles. The number of anilines is 1. The Labute approximate surface area is 169 Å². The first kappa shape index (κ1) is 18.7. The normalized spacial score (nSPS) is 10.7. The van der Waals surface area contributed by atoms with Crippen LogP contribution in [-0.2, 0) is 6.54 Å². The van der Waals surface area contributed by atoms with Crippen molar-refractivity contribution >= 4 is 16.7 Å². The lowest BCUT2D eigenvalue weighted by Crippen LogP contribution is -2.05. The monoisotopic (exact) mass is 389 g/mol. The van der Waals surface area contributed by atoms with Gasteiger partial charge in [0.05, 0.1) is 43.7 Å². The van der Waals surface area contributed by atoms with E-state index in [1.54, 1.807) is 21.3 Å². The lowest BCUT2D eigenvalue weighted by Gasteiger charge is -2.16. The summed E-state index contributed by atoms with van der Waals surface area (Å²) < 4.78 is 18.4. The zero-order chi connectivity index (χ0) is 20.2. The predicted molar refractivity (Wildman–Crippen MR) is 114 cm³/mol. The Morgan fingerprint density at radius 1 is 0.862 bits per heavy atom. The van der Waals surface area contributed by atoms with Gasteiger partial charge in [-0.1, -0.05) is 24.3 Å². The van der Waals surface area contributed by atoms with E-state index in [0.29, 0.717) is 23.8 Å². The van der Waals surface area contributed by atoms with Crippen molar-refractivity contribution in [2.45, 2.75) is 6.54 Å². The van der Waals surface area contributed by atoms with Gasteiger partial charge in [-0.05, 0) is 42.0 Å². The summed E-state index contributed by atoms with van der Waals surface area (Å²) >= 11 is 0. The molecule has 6 heteroatoms. The molecule has 0 unspecified atom stereocenters. The standard InChI is InChI=1S/C23H23N3O3/c1-27-21-12-16(13-22(28-2)23(21)29-3)14-24-17-8-4-6-10-19(17)26-15-25-18-9-5-7-11-20(18)26/h4-13,15,24H,14H2,1-3H3. The lowest BCUT2D eigenvalue weighted by atomic mass is 10.1. The summed E-state index contributed by atoms with van der Waals surface area (Å²) in [4.78, 5) is 4.51. The SMILES string of the molecule is COc1cc(CNc2ccccc2-n2cnc3ccccc32)cc(OC)c1OC. The van der Waals surface area contributed by atoms with Gasteiger partial charge in [-0.3, -0.25) is 4.57 Å². The number of hydrogen-bond acceptors (Lipinski definition) is 5. The molecule has 0 amide bonds. The third kappa shape index (κ3) is 3.57. The maximum absolute atomic E-state index is 5.46. The Morgan fingerprint density at radius 2 is 1.55 bits per heavy atom. The number of aromatic nitrogens is 2. The minimum atomic E-state index is 0.587. The van der Waals surface area contributed by atoms with Crippen LogP contribution in [0.1, 0.15) is 5.56 Å². The number of nitrogens with one attached hydrogen (secondary N) is 1. The minimum absolute atomic E-state index is 0.587. The number of para-hydroxylation sites is 4. The third-order valence-electron chi connectivity index (χ3n) is 4.82. The van der Waals surface area contributed by atoms with Gasteiger partial charge in [0.1, 0.15) is 6.33 Å². The smallest absolute Gasteiger partial charge is 0.203 e. The van der Waals surface area contributed by atoms with Gasteiger partial charge in [-0.2, -0.15) is 0 Å². The highest BCUT2D eigenvalue weighted by Gasteiger charge is 2.14. The van der Waals surface area contributed by atoms with Crippen LogP contribution in [0.4, 0.5) is 5.69 Å². The van der Waals surface area contributed by atoms with Crippen molar-refractivity contribution < 1.29 is 14.2 Å². The lowest BCUT2D eigenvalue weighted by molar-refractivity contribution is 0.324. The highest BCUT2D eigenvalue weighted by Crippen LogP contribution is 2.38. The first-order valence-electron chi connectivity index (χ1n) is 9.29. The van der Waals surface area contributed by atoms with Crippen LogP contribution >= 0.6 is 0 Å². The third-order valence-corrected chi connectivity index (χ3v) is 4.82. The Kier molecular flexibility index (Phi) is 5.24. The maximum atomic E-state index is 5.46. The molecule has 0 atom stereocenters. The number of methoxy groups -OCH3 is 3. The summed E-state index contributed by atoms with van der Waals surface area (Å²) in [5.74, 6) is 1.86. The van der Waals surface area contributed by atoms with Crippen LogP contribution in [-0.4, -0.2) is 30.9 Å². The van der Waals surface area contributed by atoms with E-state index in [9.17, 15) is 0 Å². The van der Waals surface area contributed by atoms with Crippen molar-refractivity contribution in [2.24, 2.45) is 0 Å².